The first kappa shape index (κ1) is 15.4. The van der Waals surface area contributed by atoms with Crippen LogP contribution in [0.1, 0.15) is 10.4 Å². The number of rotatable bonds is 3. The lowest BCUT2D eigenvalue weighted by Crippen LogP contribution is -1.94. The summed E-state index contributed by atoms with van der Waals surface area (Å²) in [6.07, 6.45) is 0.737. The van der Waals surface area contributed by atoms with E-state index in [4.69, 9.17) is 20.9 Å². The molecule has 2 rings (SSSR count). The molecule has 0 spiro atoms. The van der Waals surface area contributed by atoms with Crippen LogP contribution < -0.4 is 20.9 Å². The third kappa shape index (κ3) is 3.91. The van der Waals surface area contributed by atoms with Crippen molar-refractivity contribution >= 4 is 17.7 Å². The van der Waals surface area contributed by atoms with Gasteiger partial charge in [-0.05, 0) is 24.3 Å². The number of ether oxygens (including phenoxy) is 2. The van der Waals surface area contributed by atoms with E-state index in [2.05, 4.69) is 0 Å². The molecule has 2 aromatic carbocycles. The molecule has 0 saturated carbocycles. The maximum Gasteiger partial charge on any atom is 0.171 e. The Hall–Kier alpha value is -2.69. The highest BCUT2D eigenvalue weighted by Crippen LogP contribution is 2.29. The van der Waals surface area contributed by atoms with Crippen molar-refractivity contribution in [1.82, 2.24) is 0 Å². The number of nitrogens with two attached hydrogens (primary N) is 2. The minimum absolute atomic E-state index is 0.481. The SMILES string of the molecule is COc1cccc(C=O)c1OC.Nc1ccccc1N. The van der Waals surface area contributed by atoms with E-state index in [1.54, 1.807) is 30.3 Å². The first-order valence-electron chi connectivity index (χ1n) is 5.90. The zero-order valence-corrected chi connectivity index (χ0v) is 11.5. The Labute approximate surface area is 118 Å². The third-order valence-electron chi connectivity index (χ3n) is 2.56. The Balaban J connectivity index is 0.000000217. The smallest absolute Gasteiger partial charge is 0.171 e. The molecular formula is C15H18N2O3. The van der Waals surface area contributed by atoms with Crippen molar-refractivity contribution < 1.29 is 14.3 Å². The minimum atomic E-state index is 0.481. The number of methoxy groups -OCH3 is 2. The molecule has 0 unspecified atom stereocenters. The molecule has 106 valence electrons. The molecule has 4 N–H and O–H groups in total. The van der Waals surface area contributed by atoms with Gasteiger partial charge < -0.3 is 20.9 Å². The van der Waals surface area contributed by atoms with Gasteiger partial charge in [-0.1, -0.05) is 18.2 Å². The fourth-order valence-corrected chi connectivity index (χ4v) is 1.52. The standard InChI is InChI=1S/C9H10O3.C6H8N2/c1-11-8-5-3-4-7(6-10)9(8)12-2;7-5-3-1-2-4-6(5)8/h3-6H,1-2H3;1-4H,7-8H2. The van der Waals surface area contributed by atoms with Crippen LogP contribution in [-0.4, -0.2) is 20.5 Å². The summed E-state index contributed by atoms with van der Waals surface area (Å²) in [5.41, 5.74) is 12.6. The normalized spacial score (nSPS) is 9.10. The summed E-state index contributed by atoms with van der Waals surface area (Å²) >= 11 is 0. The number of nitrogen functional groups attached to an aromatic ring is 2. The van der Waals surface area contributed by atoms with E-state index in [1.165, 1.54) is 14.2 Å². The summed E-state index contributed by atoms with van der Waals surface area (Å²) in [7, 11) is 3.04. The predicted octanol–water partition coefficient (Wildman–Crippen LogP) is 2.37. The van der Waals surface area contributed by atoms with Crippen LogP contribution in [0.25, 0.3) is 0 Å². The largest absolute Gasteiger partial charge is 0.493 e. The lowest BCUT2D eigenvalue weighted by Gasteiger charge is -2.07. The molecule has 0 radical (unpaired) electrons. The Morgan fingerprint density at radius 3 is 1.90 bits per heavy atom. The maximum absolute atomic E-state index is 10.5. The average Bonchev–Trinajstić information content (AvgIpc) is 2.49. The molecule has 5 nitrogen and oxygen atoms in total. The molecule has 0 amide bonds. The van der Waals surface area contributed by atoms with Gasteiger partial charge >= 0.3 is 0 Å². The number of carbonyl (C=O) groups excluding carboxylic acids is 1. The van der Waals surface area contributed by atoms with Crippen LogP contribution in [-0.2, 0) is 0 Å². The van der Waals surface area contributed by atoms with Crippen molar-refractivity contribution in [3.8, 4) is 11.5 Å². The molecule has 0 aliphatic rings. The fourth-order valence-electron chi connectivity index (χ4n) is 1.52. The van der Waals surface area contributed by atoms with Crippen LogP contribution in [0.5, 0.6) is 11.5 Å². The van der Waals surface area contributed by atoms with Crippen LogP contribution >= 0.6 is 0 Å². The van der Waals surface area contributed by atoms with Crippen molar-refractivity contribution in [2.75, 3.05) is 25.7 Å². The summed E-state index contributed by atoms with van der Waals surface area (Å²) in [5.74, 6) is 1.05. The highest BCUT2D eigenvalue weighted by atomic mass is 16.5. The zero-order valence-electron chi connectivity index (χ0n) is 11.5. The van der Waals surface area contributed by atoms with Gasteiger partial charge in [-0.2, -0.15) is 0 Å². The molecule has 0 heterocycles. The summed E-state index contributed by atoms with van der Waals surface area (Å²) in [6, 6.07) is 12.4. The molecule has 0 saturated heterocycles. The van der Waals surface area contributed by atoms with Crippen molar-refractivity contribution in [3.05, 3.63) is 48.0 Å². The number of hydrogen-bond acceptors (Lipinski definition) is 5. The van der Waals surface area contributed by atoms with E-state index >= 15 is 0 Å². The second-order valence-corrected chi connectivity index (χ2v) is 3.83. The monoisotopic (exact) mass is 274 g/mol. The second-order valence-electron chi connectivity index (χ2n) is 3.83. The first-order valence-corrected chi connectivity index (χ1v) is 5.90. The van der Waals surface area contributed by atoms with Gasteiger partial charge in [0.2, 0.25) is 0 Å². The van der Waals surface area contributed by atoms with Crippen molar-refractivity contribution in [3.63, 3.8) is 0 Å². The number of carbonyl (C=O) groups is 1. The van der Waals surface area contributed by atoms with E-state index < -0.39 is 0 Å². The van der Waals surface area contributed by atoms with Crippen LogP contribution in [0.15, 0.2) is 42.5 Å². The predicted molar refractivity (Wildman–Crippen MR) is 80.2 cm³/mol. The number of aldehydes is 1. The summed E-state index contributed by atoms with van der Waals surface area (Å²) in [4.78, 5) is 10.5. The highest BCUT2D eigenvalue weighted by Gasteiger charge is 2.07. The Bertz CT molecular complexity index is 550. The van der Waals surface area contributed by atoms with Gasteiger partial charge in [-0.3, -0.25) is 4.79 Å². The van der Waals surface area contributed by atoms with Crippen LogP contribution in [0.2, 0.25) is 0 Å². The van der Waals surface area contributed by atoms with Crippen molar-refractivity contribution in [1.29, 1.82) is 0 Å². The molecule has 0 aliphatic carbocycles. The Morgan fingerprint density at radius 2 is 1.50 bits per heavy atom. The van der Waals surface area contributed by atoms with Crippen LogP contribution in [0.4, 0.5) is 11.4 Å². The van der Waals surface area contributed by atoms with Crippen molar-refractivity contribution in [2.24, 2.45) is 0 Å². The van der Waals surface area contributed by atoms with E-state index in [9.17, 15) is 4.79 Å². The topological polar surface area (TPSA) is 87.6 Å². The van der Waals surface area contributed by atoms with Gasteiger partial charge in [0.25, 0.3) is 0 Å². The molecule has 0 fully saturated rings. The van der Waals surface area contributed by atoms with Gasteiger partial charge in [-0.25, -0.2) is 0 Å². The number of anilines is 2. The lowest BCUT2D eigenvalue weighted by molar-refractivity contribution is 0.112. The molecule has 0 atom stereocenters. The van der Waals surface area contributed by atoms with Crippen LogP contribution in [0, 0.1) is 0 Å². The number of para-hydroxylation sites is 3. The molecule has 0 bridgehead atoms. The summed E-state index contributed by atoms with van der Waals surface area (Å²) in [5, 5.41) is 0. The number of benzene rings is 2. The van der Waals surface area contributed by atoms with Gasteiger partial charge in [0.15, 0.2) is 17.8 Å². The highest BCUT2D eigenvalue weighted by molar-refractivity contribution is 5.81. The average molecular weight is 274 g/mol. The van der Waals surface area contributed by atoms with Gasteiger partial charge in [0.1, 0.15) is 0 Å². The summed E-state index contributed by atoms with van der Waals surface area (Å²) in [6.45, 7) is 0. The maximum atomic E-state index is 10.5. The van der Waals surface area contributed by atoms with E-state index in [0.29, 0.717) is 28.4 Å². The quantitative estimate of drug-likeness (QED) is 0.662. The Morgan fingerprint density at radius 1 is 0.900 bits per heavy atom. The van der Waals surface area contributed by atoms with Crippen molar-refractivity contribution in [2.45, 2.75) is 0 Å². The third-order valence-corrected chi connectivity index (χ3v) is 2.56. The number of hydrogen-bond donors (Lipinski definition) is 2. The molecule has 0 aliphatic heterocycles. The van der Waals surface area contributed by atoms with E-state index in [1.807, 2.05) is 12.1 Å². The summed E-state index contributed by atoms with van der Waals surface area (Å²) < 4.78 is 10.00. The molecular weight excluding hydrogens is 256 g/mol. The van der Waals surface area contributed by atoms with E-state index in [0.717, 1.165) is 6.29 Å². The van der Waals surface area contributed by atoms with Gasteiger partial charge in [-0.15, -0.1) is 0 Å². The zero-order chi connectivity index (χ0) is 15.0. The molecule has 2 aromatic rings. The second kappa shape index (κ2) is 7.68. The van der Waals surface area contributed by atoms with E-state index in [-0.39, 0.29) is 0 Å². The first-order chi connectivity index (χ1) is 9.63. The van der Waals surface area contributed by atoms with Gasteiger partial charge in [0.05, 0.1) is 31.2 Å². The fraction of sp³-hybridized carbons (Fsp3) is 0.133. The molecule has 0 aromatic heterocycles. The minimum Gasteiger partial charge on any atom is -0.493 e. The lowest BCUT2D eigenvalue weighted by atomic mass is 10.2. The Kier molecular flexibility index (Phi) is 5.90. The molecule has 5 heteroatoms. The van der Waals surface area contributed by atoms with Gasteiger partial charge in [0, 0.05) is 0 Å². The van der Waals surface area contributed by atoms with Crippen LogP contribution in [0.3, 0.4) is 0 Å². The molecule has 20 heavy (non-hydrogen) atoms.